The van der Waals surface area contributed by atoms with E-state index in [0.29, 0.717) is 23.2 Å². The Bertz CT molecular complexity index is 656. The molecule has 3 saturated carbocycles. The van der Waals surface area contributed by atoms with Crippen molar-refractivity contribution in [3.05, 3.63) is 47.6 Å². The summed E-state index contributed by atoms with van der Waals surface area (Å²) in [7, 11) is 0. The highest BCUT2D eigenvalue weighted by Gasteiger charge is 2.50. The molecule has 0 N–H and O–H groups in total. The molecule has 162 valence electrons. The molecular formula is C29H46. The molecule has 3 rings (SSSR count). The van der Waals surface area contributed by atoms with Gasteiger partial charge in [-0.2, -0.15) is 0 Å². The standard InChI is InChI=1S/C29H46/c1-20(2)10-8-11-21(3)27-15-16-28-26(12-9-17-29(27,28)7)14-13-25-18-22(4)24(6)23(5)19-25/h8,11,13-14,20-23,27-28H,6,9-10,12,15-19H2,1-5,7H3/b11-8+,26-14+/t21-,22-,23-,27-,28+,29-/m1/s1. The summed E-state index contributed by atoms with van der Waals surface area (Å²) >= 11 is 0. The average Bonchev–Trinajstić information content (AvgIpc) is 3.01. The van der Waals surface area contributed by atoms with Gasteiger partial charge in [0.15, 0.2) is 0 Å². The molecule has 0 bridgehead atoms. The Labute approximate surface area is 181 Å². The molecular weight excluding hydrogens is 348 g/mol. The molecule has 0 radical (unpaired) electrons. The minimum atomic E-state index is 0.506. The quantitative estimate of drug-likeness (QED) is 0.408. The lowest BCUT2D eigenvalue weighted by Crippen LogP contribution is -2.35. The molecule has 0 aliphatic heterocycles. The predicted octanol–water partition coefficient (Wildman–Crippen LogP) is 8.92. The van der Waals surface area contributed by atoms with Crippen molar-refractivity contribution in [1.29, 1.82) is 0 Å². The van der Waals surface area contributed by atoms with E-state index in [1.54, 1.807) is 11.1 Å². The Balaban J connectivity index is 1.72. The number of fused-ring (bicyclic) bond motifs is 1. The number of rotatable bonds is 5. The Morgan fingerprint density at radius 3 is 2.41 bits per heavy atom. The molecule has 0 unspecified atom stereocenters. The van der Waals surface area contributed by atoms with E-state index in [1.165, 1.54) is 56.9 Å². The van der Waals surface area contributed by atoms with Gasteiger partial charge in [0.25, 0.3) is 0 Å². The van der Waals surface area contributed by atoms with E-state index in [2.05, 4.69) is 72.4 Å². The van der Waals surface area contributed by atoms with Crippen LogP contribution < -0.4 is 0 Å². The summed E-state index contributed by atoms with van der Waals surface area (Å²) in [5.41, 5.74) is 5.37. The molecule has 0 saturated heterocycles. The van der Waals surface area contributed by atoms with Crippen LogP contribution in [0.15, 0.2) is 47.6 Å². The molecule has 6 atom stereocenters. The van der Waals surface area contributed by atoms with Crippen LogP contribution >= 0.6 is 0 Å². The molecule has 0 amide bonds. The largest absolute Gasteiger partial charge is 0.0993 e. The summed E-state index contributed by atoms with van der Waals surface area (Å²) in [6.07, 6.45) is 20.7. The topological polar surface area (TPSA) is 0 Å². The Hall–Kier alpha value is -1.04. The van der Waals surface area contributed by atoms with E-state index in [-0.39, 0.29) is 0 Å². The SMILES string of the molecule is C=C1[C@H](C)CC(=C/C=C2\CCC[C@]3(C)[C@@H]([C@H](C)/C=C/CC(C)C)CC[C@@H]23)C[C@H]1C. The van der Waals surface area contributed by atoms with Gasteiger partial charge in [0.1, 0.15) is 0 Å². The fourth-order valence-electron chi connectivity index (χ4n) is 6.82. The van der Waals surface area contributed by atoms with Crippen molar-refractivity contribution in [3.63, 3.8) is 0 Å². The first-order valence-corrected chi connectivity index (χ1v) is 12.5. The van der Waals surface area contributed by atoms with Crippen molar-refractivity contribution >= 4 is 0 Å². The number of hydrogen-bond acceptors (Lipinski definition) is 0. The van der Waals surface area contributed by atoms with Crippen molar-refractivity contribution in [3.8, 4) is 0 Å². The van der Waals surface area contributed by atoms with Crippen molar-refractivity contribution < 1.29 is 0 Å². The summed E-state index contributed by atoms with van der Waals surface area (Å²) in [5, 5.41) is 0. The lowest BCUT2D eigenvalue weighted by atomic mass is 9.61. The zero-order valence-corrected chi connectivity index (χ0v) is 20.1. The van der Waals surface area contributed by atoms with E-state index in [1.807, 2.05) is 0 Å². The maximum atomic E-state index is 4.32. The highest BCUT2D eigenvalue weighted by molar-refractivity contribution is 5.28. The highest BCUT2D eigenvalue weighted by atomic mass is 14.5. The summed E-state index contributed by atoms with van der Waals surface area (Å²) in [5.74, 6) is 4.44. The van der Waals surface area contributed by atoms with Gasteiger partial charge in [-0.3, -0.25) is 0 Å². The predicted molar refractivity (Wildman–Crippen MR) is 129 cm³/mol. The number of allylic oxidation sites excluding steroid dienone is 7. The normalized spacial score (nSPS) is 38.1. The lowest BCUT2D eigenvalue weighted by molar-refractivity contribution is 0.112. The molecule has 0 heteroatoms. The molecule has 3 aliphatic carbocycles. The van der Waals surface area contributed by atoms with Gasteiger partial charge in [-0.1, -0.05) is 89.1 Å². The summed E-state index contributed by atoms with van der Waals surface area (Å²) in [4.78, 5) is 0. The maximum absolute atomic E-state index is 4.32. The van der Waals surface area contributed by atoms with E-state index >= 15 is 0 Å². The minimum Gasteiger partial charge on any atom is -0.0993 e. The molecule has 3 aliphatic rings. The van der Waals surface area contributed by atoms with Gasteiger partial charge >= 0.3 is 0 Å². The van der Waals surface area contributed by atoms with E-state index in [0.717, 1.165) is 17.8 Å². The monoisotopic (exact) mass is 394 g/mol. The first-order valence-electron chi connectivity index (χ1n) is 12.5. The zero-order chi connectivity index (χ0) is 21.2. The Morgan fingerprint density at radius 1 is 1.07 bits per heavy atom. The van der Waals surface area contributed by atoms with Crippen LogP contribution in [0.3, 0.4) is 0 Å². The van der Waals surface area contributed by atoms with Crippen LogP contribution in [0.4, 0.5) is 0 Å². The van der Waals surface area contributed by atoms with Gasteiger partial charge < -0.3 is 0 Å². The molecule has 3 fully saturated rings. The van der Waals surface area contributed by atoms with Crippen molar-refractivity contribution in [2.75, 3.05) is 0 Å². The zero-order valence-electron chi connectivity index (χ0n) is 20.1. The third-order valence-electron chi connectivity index (χ3n) is 8.66. The number of hydrogen-bond donors (Lipinski definition) is 0. The highest BCUT2D eigenvalue weighted by Crippen LogP contribution is 2.59. The smallest absolute Gasteiger partial charge is 0.0143 e. The van der Waals surface area contributed by atoms with Crippen molar-refractivity contribution in [1.82, 2.24) is 0 Å². The summed E-state index contributed by atoms with van der Waals surface area (Å²) in [6, 6.07) is 0. The van der Waals surface area contributed by atoms with E-state index in [9.17, 15) is 0 Å². The first kappa shape index (κ1) is 22.6. The molecule has 0 aromatic rings. The molecule has 0 aromatic carbocycles. The second kappa shape index (κ2) is 9.40. The van der Waals surface area contributed by atoms with Crippen LogP contribution in [0.25, 0.3) is 0 Å². The van der Waals surface area contributed by atoms with Crippen molar-refractivity contribution in [2.24, 2.45) is 40.9 Å². The average molecular weight is 395 g/mol. The van der Waals surface area contributed by atoms with Gasteiger partial charge in [-0.15, -0.1) is 0 Å². The Kier molecular flexibility index (Phi) is 7.34. The van der Waals surface area contributed by atoms with Gasteiger partial charge in [0, 0.05) is 0 Å². The summed E-state index contributed by atoms with van der Waals surface area (Å²) in [6.45, 7) is 18.8. The van der Waals surface area contributed by atoms with Crippen molar-refractivity contribution in [2.45, 2.75) is 92.9 Å². The summed E-state index contributed by atoms with van der Waals surface area (Å²) < 4.78 is 0. The molecule has 0 aromatic heterocycles. The maximum Gasteiger partial charge on any atom is -0.0143 e. The lowest BCUT2D eigenvalue weighted by Gasteiger charge is -2.44. The van der Waals surface area contributed by atoms with Gasteiger partial charge in [-0.05, 0) is 92.3 Å². The van der Waals surface area contributed by atoms with Gasteiger partial charge in [0.2, 0.25) is 0 Å². The fourth-order valence-corrected chi connectivity index (χ4v) is 6.82. The van der Waals surface area contributed by atoms with E-state index < -0.39 is 0 Å². The molecule has 0 heterocycles. The van der Waals surface area contributed by atoms with Gasteiger partial charge in [0.05, 0.1) is 0 Å². The third-order valence-corrected chi connectivity index (χ3v) is 8.66. The van der Waals surface area contributed by atoms with E-state index in [4.69, 9.17) is 0 Å². The second-order valence-corrected chi connectivity index (χ2v) is 11.4. The van der Waals surface area contributed by atoms with Crippen LogP contribution in [0.5, 0.6) is 0 Å². The van der Waals surface area contributed by atoms with Crippen LogP contribution in [0.1, 0.15) is 92.9 Å². The van der Waals surface area contributed by atoms with Crippen LogP contribution in [0, 0.1) is 40.9 Å². The fraction of sp³-hybridized carbons (Fsp3) is 0.724. The molecule has 0 nitrogen and oxygen atoms in total. The first-order chi connectivity index (χ1) is 13.7. The molecule has 0 spiro atoms. The minimum absolute atomic E-state index is 0.506. The van der Waals surface area contributed by atoms with Crippen LogP contribution in [-0.4, -0.2) is 0 Å². The molecule has 29 heavy (non-hydrogen) atoms. The second-order valence-electron chi connectivity index (χ2n) is 11.4. The third kappa shape index (κ3) is 5.00. The Morgan fingerprint density at radius 2 is 1.76 bits per heavy atom. The van der Waals surface area contributed by atoms with Gasteiger partial charge in [-0.25, -0.2) is 0 Å². The van der Waals surface area contributed by atoms with Crippen LogP contribution in [0.2, 0.25) is 0 Å². The van der Waals surface area contributed by atoms with Crippen LogP contribution in [-0.2, 0) is 0 Å².